The molecule has 0 spiro atoms. The van der Waals surface area contributed by atoms with E-state index in [2.05, 4.69) is 127 Å². The second kappa shape index (κ2) is 10.5. The quantitative estimate of drug-likeness (QED) is 0.191. The highest BCUT2D eigenvalue weighted by Gasteiger charge is 2.19. The van der Waals surface area contributed by atoms with Gasteiger partial charge in [0.1, 0.15) is 0 Å². The summed E-state index contributed by atoms with van der Waals surface area (Å²) in [6, 6.07) is 53.1. The van der Waals surface area contributed by atoms with Gasteiger partial charge in [-0.3, -0.25) is 0 Å². The van der Waals surface area contributed by atoms with E-state index in [9.17, 15) is 0 Å². The number of nitrogens with zero attached hydrogens (tertiary/aromatic N) is 3. The molecule has 0 aliphatic heterocycles. The summed E-state index contributed by atoms with van der Waals surface area (Å²) in [6.07, 6.45) is 0. The first-order valence-corrected chi connectivity index (χ1v) is 15.9. The summed E-state index contributed by atoms with van der Waals surface area (Å²) in [4.78, 5) is 15.4. The molecular weight excluding hydrogens is 567 g/mol. The van der Waals surface area contributed by atoms with Gasteiger partial charge >= 0.3 is 0 Å². The normalized spacial score (nSPS) is 11.6. The van der Waals surface area contributed by atoms with Gasteiger partial charge in [0, 0.05) is 42.2 Å². The van der Waals surface area contributed by atoms with Crippen LogP contribution in [0, 0.1) is 0 Å². The molecule has 0 bridgehead atoms. The number of hydrogen-bond donors (Lipinski definition) is 0. The van der Waals surface area contributed by atoms with Crippen LogP contribution in [0.4, 0.5) is 0 Å². The van der Waals surface area contributed by atoms with Crippen LogP contribution in [-0.2, 0) is 0 Å². The highest BCUT2D eigenvalue weighted by molar-refractivity contribution is 7.27. The van der Waals surface area contributed by atoms with Crippen molar-refractivity contribution in [1.82, 2.24) is 15.0 Å². The fourth-order valence-electron chi connectivity index (χ4n) is 6.40. The molecule has 0 saturated carbocycles. The van der Waals surface area contributed by atoms with E-state index in [1.807, 2.05) is 35.6 Å². The lowest BCUT2D eigenvalue weighted by molar-refractivity contribution is 1.08. The van der Waals surface area contributed by atoms with Crippen LogP contribution in [0.15, 0.2) is 152 Å². The van der Waals surface area contributed by atoms with E-state index in [1.165, 1.54) is 41.7 Å². The molecular formula is C41H25N3S. The first-order chi connectivity index (χ1) is 22.3. The fourth-order valence-corrected chi connectivity index (χ4v) is 7.78. The van der Waals surface area contributed by atoms with Crippen LogP contribution in [0.3, 0.4) is 0 Å². The molecule has 9 rings (SSSR count). The number of rotatable bonds is 4. The first-order valence-electron chi connectivity index (χ1n) is 15.0. The highest BCUT2D eigenvalue weighted by atomic mass is 32.1. The molecule has 0 radical (unpaired) electrons. The van der Waals surface area contributed by atoms with Gasteiger partial charge in [0.05, 0.1) is 0 Å². The third-order valence-corrected chi connectivity index (χ3v) is 9.81. The lowest BCUT2D eigenvalue weighted by Gasteiger charge is -2.12. The average molecular weight is 592 g/mol. The van der Waals surface area contributed by atoms with Crippen molar-refractivity contribution in [3.05, 3.63) is 152 Å². The van der Waals surface area contributed by atoms with Crippen molar-refractivity contribution in [3.63, 3.8) is 0 Å². The Bertz CT molecular complexity index is 2540. The second-order valence-electron chi connectivity index (χ2n) is 11.2. The number of thiophene rings is 1. The van der Waals surface area contributed by atoms with E-state index < -0.39 is 0 Å². The monoisotopic (exact) mass is 591 g/mol. The van der Waals surface area contributed by atoms with E-state index in [-0.39, 0.29) is 0 Å². The molecule has 2 heterocycles. The molecule has 9 aromatic rings. The summed E-state index contributed by atoms with van der Waals surface area (Å²) in [5, 5.41) is 7.56. The maximum Gasteiger partial charge on any atom is 0.165 e. The maximum absolute atomic E-state index is 5.20. The minimum Gasteiger partial charge on any atom is -0.208 e. The molecule has 0 N–H and O–H groups in total. The average Bonchev–Trinajstić information content (AvgIpc) is 3.51. The van der Waals surface area contributed by atoms with Crippen LogP contribution in [0.5, 0.6) is 0 Å². The Morgan fingerprint density at radius 3 is 1.71 bits per heavy atom. The number of fused-ring (bicyclic) bond motifs is 7. The van der Waals surface area contributed by atoms with Crippen LogP contribution >= 0.6 is 11.3 Å². The summed E-state index contributed by atoms with van der Waals surface area (Å²) in [6.45, 7) is 0. The van der Waals surface area contributed by atoms with Gasteiger partial charge in [0.15, 0.2) is 17.5 Å². The molecule has 0 saturated heterocycles. The molecule has 7 aromatic carbocycles. The number of benzene rings is 7. The van der Waals surface area contributed by atoms with Gasteiger partial charge in [-0.25, -0.2) is 15.0 Å². The van der Waals surface area contributed by atoms with E-state index in [0.717, 1.165) is 27.8 Å². The molecule has 0 atom stereocenters. The maximum atomic E-state index is 5.20. The van der Waals surface area contributed by atoms with Gasteiger partial charge in [-0.1, -0.05) is 146 Å². The molecule has 0 aliphatic rings. The molecule has 0 aliphatic carbocycles. The van der Waals surface area contributed by atoms with Crippen molar-refractivity contribution in [2.75, 3.05) is 0 Å². The summed E-state index contributed by atoms with van der Waals surface area (Å²) in [5.41, 5.74) is 5.17. The zero-order chi connectivity index (χ0) is 29.7. The van der Waals surface area contributed by atoms with E-state index in [4.69, 9.17) is 15.0 Å². The standard InChI is InChI=1S/C41H25N3S/c1-3-12-26(13-4-1)30-17-9-10-19-34(30)40-42-39(29-15-5-2-6-16-29)43-41(44-40)35-21-11-20-32-33-25-24-28-23-22-27-14-7-8-18-31(27)36(28)38(33)45-37(32)35/h1-25H. The summed E-state index contributed by atoms with van der Waals surface area (Å²) < 4.78 is 2.47. The summed E-state index contributed by atoms with van der Waals surface area (Å²) in [5.74, 6) is 1.99. The van der Waals surface area contributed by atoms with Crippen molar-refractivity contribution < 1.29 is 0 Å². The smallest absolute Gasteiger partial charge is 0.165 e. The third kappa shape index (κ3) is 4.30. The van der Waals surface area contributed by atoms with Crippen LogP contribution < -0.4 is 0 Å². The minimum absolute atomic E-state index is 0.660. The molecule has 3 nitrogen and oxygen atoms in total. The molecule has 45 heavy (non-hydrogen) atoms. The molecule has 0 unspecified atom stereocenters. The Morgan fingerprint density at radius 1 is 0.333 bits per heavy atom. The summed E-state index contributed by atoms with van der Waals surface area (Å²) in [7, 11) is 0. The van der Waals surface area contributed by atoms with Gasteiger partial charge in [0.25, 0.3) is 0 Å². The molecule has 4 heteroatoms. The van der Waals surface area contributed by atoms with Crippen LogP contribution in [-0.4, -0.2) is 15.0 Å². The summed E-state index contributed by atoms with van der Waals surface area (Å²) >= 11 is 1.83. The Balaban J connectivity index is 1.33. The van der Waals surface area contributed by atoms with Gasteiger partial charge in [-0.2, -0.15) is 0 Å². The zero-order valence-corrected chi connectivity index (χ0v) is 25.0. The third-order valence-electron chi connectivity index (χ3n) is 8.53. The van der Waals surface area contributed by atoms with Crippen LogP contribution in [0.1, 0.15) is 0 Å². The highest BCUT2D eigenvalue weighted by Crippen LogP contribution is 2.44. The second-order valence-corrected chi connectivity index (χ2v) is 12.2. The number of aromatic nitrogens is 3. The lowest BCUT2D eigenvalue weighted by Crippen LogP contribution is -2.01. The van der Waals surface area contributed by atoms with E-state index >= 15 is 0 Å². The minimum atomic E-state index is 0.660. The topological polar surface area (TPSA) is 38.7 Å². The zero-order valence-electron chi connectivity index (χ0n) is 24.2. The molecule has 0 fully saturated rings. The molecule has 0 amide bonds. The Kier molecular flexibility index (Phi) is 6.00. The van der Waals surface area contributed by atoms with Gasteiger partial charge in [0.2, 0.25) is 0 Å². The Labute approximate surface area is 264 Å². The van der Waals surface area contributed by atoms with Crippen molar-refractivity contribution in [2.45, 2.75) is 0 Å². The lowest BCUT2D eigenvalue weighted by atomic mass is 9.99. The first kappa shape index (κ1) is 25.8. The molecule has 2 aromatic heterocycles. The van der Waals surface area contributed by atoms with Crippen molar-refractivity contribution >= 4 is 53.1 Å². The number of hydrogen-bond acceptors (Lipinski definition) is 4. The van der Waals surface area contributed by atoms with Gasteiger partial charge < -0.3 is 0 Å². The van der Waals surface area contributed by atoms with Crippen LogP contribution in [0.25, 0.3) is 87.0 Å². The molecule has 210 valence electrons. The SMILES string of the molecule is c1ccc(-c2nc(-c3ccccc3-c3ccccc3)nc(-c3cccc4c3sc3c4ccc4ccc5ccccc5c43)n2)cc1. The Morgan fingerprint density at radius 2 is 0.889 bits per heavy atom. The van der Waals surface area contributed by atoms with Crippen molar-refractivity contribution in [2.24, 2.45) is 0 Å². The van der Waals surface area contributed by atoms with E-state index in [1.54, 1.807) is 0 Å². The van der Waals surface area contributed by atoms with E-state index in [0.29, 0.717) is 17.5 Å². The Hall–Kier alpha value is -5.71. The van der Waals surface area contributed by atoms with Gasteiger partial charge in [-0.15, -0.1) is 11.3 Å². The van der Waals surface area contributed by atoms with Crippen LogP contribution in [0.2, 0.25) is 0 Å². The predicted octanol–water partition coefficient (Wildman–Crippen LogP) is 11.2. The fraction of sp³-hybridized carbons (Fsp3) is 0. The largest absolute Gasteiger partial charge is 0.208 e. The van der Waals surface area contributed by atoms with Gasteiger partial charge in [-0.05, 0) is 33.4 Å². The van der Waals surface area contributed by atoms with Crippen molar-refractivity contribution in [3.8, 4) is 45.3 Å². The van der Waals surface area contributed by atoms with Crippen molar-refractivity contribution in [1.29, 1.82) is 0 Å². The predicted molar refractivity (Wildman–Crippen MR) is 189 cm³/mol.